The summed E-state index contributed by atoms with van der Waals surface area (Å²) in [6.07, 6.45) is 0. The van der Waals surface area contributed by atoms with E-state index in [4.69, 9.17) is 11.6 Å². The Morgan fingerprint density at radius 1 is 1.30 bits per heavy atom. The molecule has 0 spiro atoms. The van der Waals surface area contributed by atoms with E-state index in [1.807, 2.05) is 49.0 Å². The molecule has 0 unspecified atom stereocenters. The van der Waals surface area contributed by atoms with Crippen LogP contribution in [0.2, 0.25) is 5.02 Å². The monoisotopic (exact) mass is 346 g/mol. The Morgan fingerprint density at radius 2 is 2.13 bits per heavy atom. The van der Waals surface area contributed by atoms with Gasteiger partial charge in [0, 0.05) is 40.0 Å². The molecular weight excluding hydrogens is 328 g/mol. The van der Waals surface area contributed by atoms with E-state index < -0.39 is 0 Å². The van der Waals surface area contributed by atoms with E-state index in [9.17, 15) is 4.79 Å². The van der Waals surface area contributed by atoms with Gasteiger partial charge in [0.1, 0.15) is 0 Å². The summed E-state index contributed by atoms with van der Waals surface area (Å²) < 4.78 is 0. The van der Waals surface area contributed by atoms with Gasteiger partial charge in [0.05, 0.1) is 5.69 Å². The van der Waals surface area contributed by atoms with Gasteiger partial charge in [-0.1, -0.05) is 17.7 Å². The molecule has 0 saturated carbocycles. The third kappa shape index (κ3) is 3.48. The SMILES string of the molecule is CCN1CCSc2ccc(C(=O)Nc3ccc(C)c(Cl)c3)cc21. The Morgan fingerprint density at radius 3 is 2.87 bits per heavy atom. The zero-order chi connectivity index (χ0) is 16.4. The molecule has 0 bridgehead atoms. The van der Waals surface area contributed by atoms with E-state index in [0.717, 1.165) is 30.1 Å². The summed E-state index contributed by atoms with van der Waals surface area (Å²) in [6, 6.07) is 11.5. The molecular formula is C18H19ClN2OS. The number of hydrogen-bond donors (Lipinski definition) is 1. The first-order valence-corrected chi connectivity index (χ1v) is 9.04. The lowest BCUT2D eigenvalue weighted by Gasteiger charge is -2.30. The van der Waals surface area contributed by atoms with Gasteiger partial charge in [-0.15, -0.1) is 11.8 Å². The van der Waals surface area contributed by atoms with Crippen LogP contribution in [0.1, 0.15) is 22.8 Å². The summed E-state index contributed by atoms with van der Waals surface area (Å²) in [5.74, 6) is 0.980. The topological polar surface area (TPSA) is 32.3 Å². The van der Waals surface area contributed by atoms with Crippen molar-refractivity contribution in [2.45, 2.75) is 18.7 Å². The van der Waals surface area contributed by atoms with Crippen molar-refractivity contribution in [2.75, 3.05) is 29.1 Å². The Hall–Kier alpha value is -1.65. The fraction of sp³-hybridized carbons (Fsp3) is 0.278. The van der Waals surface area contributed by atoms with Crippen LogP contribution >= 0.6 is 23.4 Å². The zero-order valence-electron chi connectivity index (χ0n) is 13.2. The summed E-state index contributed by atoms with van der Waals surface area (Å²) in [4.78, 5) is 16.1. The number of fused-ring (bicyclic) bond motifs is 1. The summed E-state index contributed by atoms with van der Waals surface area (Å²) in [6.45, 7) is 6.05. The number of halogens is 1. The predicted octanol–water partition coefficient (Wildman–Crippen LogP) is 4.83. The van der Waals surface area contributed by atoms with Crippen molar-refractivity contribution in [1.82, 2.24) is 0 Å². The number of carbonyl (C=O) groups is 1. The highest BCUT2D eigenvalue weighted by molar-refractivity contribution is 7.99. The average Bonchev–Trinajstić information content (AvgIpc) is 2.57. The van der Waals surface area contributed by atoms with Crippen LogP contribution < -0.4 is 10.2 Å². The minimum absolute atomic E-state index is 0.112. The first-order valence-electron chi connectivity index (χ1n) is 7.68. The lowest BCUT2D eigenvalue weighted by Crippen LogP contribution is -2.29. The molecule has 3 rings (SSSR count). The van der Waals surface area contributed by atoms with Crippen molar-refractivity contribution in [1.29, 1.82) is 0 Å². The Kier molecular flexibility index (Phi) is 4.83. The molecule has 120 valence electrons. The van der Waals surface area contributed by atoms with E-state index in [1.165, 1.54) is 4.90 Å². The minimum atomic E-state index is -0.112. The first kappa shape index (κ1) is 16.2. The molecule has 1 aliphatic heterocycles. The number of carbonyl (C=O) groups excluding carboxylic acids is 1. The van der Waals surface area contributed by atoms with E-state index >= 15 is 0 Å². The van der Waals surface area contributed by atoms with Gasteiger partial charge < -0.3 is 10.2 Å². The zero-order valence-corrected chi connectivity index (χ0v) is 14.8. The minimum Gasteiger partial charge on any atom is -0.370 e. The van der Waals surface area contributed by atoms with Crippen molar-refractivity contribution in [3.05, 3.63) is 52.5 Å². The van der Waals surface area contributed by atoms with E-state index in [1.54, 1.807) is 6.07 Å². The standard InChI is InChI=1S/C18H19ClN2OS/c1-3-21-8-9-23-17-7-5-13(10-16(17)21)18(22)20-14-6-4-12(2)15(19)11-14/h4-7,10-11H,3,8-9H2,1-2H3,(H,20,22). The molecule has 3 nitrogen and oxygen atoms in total. The molecule has 23 heavy (non-hydrogen) atoms. The number of aryl methyl sites for hydroxylation is 1. The normalized spacial score (nSPS) is 13.6. The third-order valence-corrected chi connectivity index (χ3v) is 5.44. The molecule has 0 radical (unpaired) electrons. The van der Waals surface area contributed by atoms with Crippen LogP contribution in [0.25, 0.3) is 0 Å². The van der Waals surface area contributed by atoms with E-state index in [0.29, 0.717) is 16.3 Å². The molecule has 0 aromatic heterocycles. The van der Waals surface area contributed by atoms with Gasteiger partial charge in [-0.25, -0.2) is 0 Å². The Bertz CT molecular complexity index is 748. The number of rotatable bonds is 3. The smallest absolute Gasteiger partial charge is 0.255 e. The van der Waals surface area contributed by atoms with E-state index in [2.05, 4.69) is 17.1 Å². The number of nitrogens with zero attached hydrogens (tertiary/aromatic N) is 1. The van der Waals surface area contributed by atoms with Crippen molar-refractivity contribution in [2.24, 2.45) is 0 Å². The van der Waals surface area contributed by atoms with Gasteiger partial charge in [-0.3, -0.25) is 4.79 Å². The average molecular weight is 347 g/mol. The van der Waals surface area contributed by atoms with Crippen molar-refractivity contribution in [3.8, 4) is 0 Å². The summed E-state index contributed by atoms with van der Waals surface area (Å²) >= 11 is 7.96. The second-order valence-electron chi connectivity index (χ2n) is 5.53. The van der Waals surface area contributed by atoms with Gasteiger partial charge in [-0.2, -0.15) is 0 Å². The van der Waals surface area contributed by atoms with Crippen LogP contribution in [0.4, 0.5) is 11.4 Å². The summed E-state index contributed by atoms with van der Waals surface area (Å²) in [7, 11) is 0. The highest BCUT2D eigenvalue weighted by atomic mass is 35.5. The third-order valence-electron chi connectivity index (χ3n) is 3.99. The fourth-order valence-electron chi connectivity index (χ4n) is 2.62. The molecule has 1 amide bonds. The van der Waals surface area contributed by atoms with Gasteiger partial charge in [0.25, 0.3) is 5.91 Å². The summed E-state index contributed by atoms with van der Waals surface area (Å²) in [5.41, 5.74) is 3.53. The molecule has 2 aromatic rings. The van der Waals surface area contributed by atoms with Crippen LogP contribution in [-0.4, -0.2) is 24.7 Å². The van der Waals surface area contributed by atoms with E-state index in [-0.39, 0.29) is 5.91 Å². The molecule has 1 heterocycles. The van der Waals surface area contributed by atoms with Gasteiger partial charge in [0.15, 0.2) is 0 Å². The van der Waals surface area contributed by atoms with Crippen LogP contribution in [-0.2, 0) is 0 Å². The molecule has 0 saturated heterocycles. The highest BCUT2D eigenvalue weighted by Crippen LogP contribution is 2.35. The Labute approximate surface area is 146 Å². The first-order chi connectivity index (χ1) is 11.1. The number of hydrogen-bond acceptors (Lipinski definition) is 3. The van der Waals surface area contributed by atoms with Crippen LogP contribution in [0, 0.1) is 6.92 Å². The second-order valence-corrected chi connectivity index (χ2v) is 7.07. The summed E-state index contributed by atoms with van der Waals surface area (Å²) in [5, 5.41) is 3.57. The van der Waals surface area contributed by atoms with Crippen molar-refractivity contribution < 1.29 is 4.79 Å². The number of benzene rings is 2. The van der Waals surface area contributed by atoms with Crippen molar-refractivity contribution >= 4 is 40.6 Å². The number of nitrogens with one attached hydrogen (secondary N) is 1. The lowest BCUT2D eigenvalue weighted by atomic mass is 10.1. The van der Waals surface area contributed by atoms with Crippen LogP contribution in [0.15, 0.2) is 41.3 Å². The highest BCUT2D eigenvalue weighted by Gasteiger charge is 2.18. The quantitative estimate of drug-likeness (QED) is 0.863. The molecule has 0 aliphatic carbocycles. The maximum absolute atomic E-state index is 12.5. The molecule has 1 aliphatic rings. The Balaban J connectivity index is 1.83. The van der Waals surface area contributed by atoms with Gasteiger partial charge >= 0.3 is 0 Å². The molecule has 1 N–H and O–H groups in total. The molecule has 0 fully saturated rings. The maximum atomic E-state index is 12.5. The molecule has 5 heteroatoms. The number of anilines is 2. The van der Waals surface area contributed by atoms with Gasteiger partial charge in [-0.05, 0) is 49.7 Å². The molecule has 2 aromatic carbocycles. The molecule has 0 atom stereocenters. The maximum Gasteiger partial charge on any atom is 0.255 e. The number of thioether (sulfide) groups is 1. The largest absolute Gasteiger partial charge is 0.370 e. The van der Waals surface area contributed by atoms with Crippen molar-refractivity contribution in [3.63, 3.8) is 0 Å². The van der Waals surface area contributed by atoms with Crippen LogP contribution in [0.5, 0.6) is 0 Å². The predicted molar refractivity (Wildman–Crippen MR) is 99.2 cm³/mol. The lowest BCUT2D eigenvalue weighted by molar-refractivity contribution is 0.102. The fourth-order valence-corrected chi connectivity index (χ4v) is 3.83. The van der Waals surface area contributed by atoms with Crippen LogP contribution in [0.3, 0.4) is 0 Å². The second kappa shape index (κ2) is 6.85. The van der Waals surface area contributed by atoms with Gasteiger partial charge in [0.2, 0.25) is 0 Å². The number of amides is 1.